The summed E-state index contributed by atoms with van der Waals surface area (Å²) in [4.78, 5) is 29.0. The minimum Gasteiger partial charge on any atom is -0.361 e. The molecule has 0 spiro atoms. The molecule has 0 saturated carbocycles. The molecular formula is C27H24N4O2. The number of carbonyl (C=O) groups is 1. The fourth-order valence-corrected chi connectivity index (χ4v) is 4.19. The first-order chi connectivity index (χ1) is 16.2. The summed E-state index contributed by atoms with van der Waals surface area (Å²) in [5, 5.41) is 10.0. The molecule has 5 rings (SSSR count). The highest BCUT2D eigenvalue weighted by molar-refractivity contribution is 5.88. The van der Waals surface area contributed by atoms with Gasteiger partial charge in [-0.25, -0.2) is 4.68 Å². The number of fused-ring (bicyclic) bond motifs is 2. The number of hydrogen-bond donors (Lipinski definition) is 2. The van der Waals surface area contributed by atoms with Gasteiger partial charge in [0.25, 0.3) is 5.56 Å². The molecule has 1 amide bonds. The summed E-state index contributed by atoms with van der Waals surface area (Å²) in [6, 6.07) is 25.2. The SMILES string of the molecule is O=C(Cc1nn(Cc2ccccc2)c(=O)c2ccccc12)NCCc1c[nH]c2ccccc12. The van der Waals surface area contributed by atoms with Crippen LogP contribution in [0.2, 0.25) is 0 Å². The Morgan fingerprint density at radius 3 is 2.39 bits per heavy atom. The largest absolute Gasteiger partial charge is 0.361 e. The molecular weight excluding hydrogens is 412 g/mol. The summed E-state index contributed by atoms with van der Waals surface area (Å²) in [7, 11) is 0. The van der Waals surface area contributed by atoms with Crippen LogP contribution in [0.4, 0.5) is 0 Å². The van der Waals surface area contributed by atoms with E-state index in [0.29, 0.717) is 24.2 Å². The molecule has 2 heterocycles. The number of benzene rings is 3. The van der Waals surface area contributed by atoms with Crippen LogP contribution in [0.5, 0.6) is 0 Å². The molecule has 2 aromatic heterocycles. The third kappa shape index (κ3) is 4.41. The van der Waals surface area contributed by atoms with Crippen molar-refractivity contribution in [2.75, 3.05) is 6.54 Å². The maximum absolute atomic E-state index is 13.0. The highest BCUT2D eigenvalue weighted by atomic mass is 16.1. The number of carbonyl (C=O) groups excluding carboxylic acids is 1. The number of rotatable bonds is 7. The van der Waals surface area contributed by atoms with Crippen LogP contribution in [0.15, 0.2) is 89.9 Å². The molecule has 3 aromatic carbocycles. The van der Waals surface area contributed by atoms with Crippen LogP contribution in [-0.4, -0.2) is 27.2 Å². The lowest BCUT2D eigenvalue weighted by molar-refractivity contribution is -0.120. The number of nitrogens with one attached hydrogen (secondary N) is 2. The first-order valence-electron chi connectivity index (χ1n) is 11.0. The first kappa shape index (κ1) is 20.7. The molecule has 5 aromatic rings. The normalized spacial score (nSPS) is 11.2. The Bertz CT molecular complexity index is 1480. The predicted molar refractivity (Wildman–Crippen MR) is 130 cm³/mol. The van der Waals surface area contributed by atoms with E-state index in [4.69, 9.17) is 0 Å². The van der Waals surface area contributed by atoms with Crippen molar-refractivity contribution in [2.45, 2.75) is 19.4 Å². The van der Waals surface area contributed by atoms with Crippen LogP contribution < -0.4 is 10.9 Å². The maximum atomic E-state index is 13.0. The molecule has 0 unspecified atom stereocenters. The van der Waals surface area contributed by atoms with E-state index in [1.165, 1.54) is 15.6 Å². The minimum atomic E-state index is -0.155. The number of aromatic amines is 1. The summed E-state index contributed by atoms with van der Waals surface area (Å²) in [5.74, 6) is -0.114. The highest BCUT2D eigenvalue weighted by Gasteiger charge is 2.14. The number of nitrogens with zero attached hydrogens (tertiary/aromatic N) is 2. The average molecular weight is 437 g/mol. The maximum Gasteiger partial charge on any atom is 0.274 e. The van der Waals surface area contributed by atoms with Gasteiger partial charge >= 0.3 is 0 Å². The Balaban J connectivity index is 1.33. The molecule has 6 nitrogen and oxygen atoms in total. The van der Waals surface area contributed by atoms with Crippen molar-refractivity contribution in [3.63, 3.8) is 0 Å². The zero-order valence-corrected chi connectivity index (χ0v) is 18.1. The average Bonchev–Trinajstić information content (AvgIpc) is 3.26. The van der Waals surface area contributed by atoms with Crippen LogP contribution in [0.25, 0.3) is 21.7 Å². The van der Waals surface area contributed by atoms with Gasteiger partial charge in [0, 0.05) is 29.0 Å². The smallest absolute Gasteiger partial charge is 0.274 e. The van der Waals surface area contributed by atoms with Crippen LogP contribution in [-0.2, 0) is 24.2 Å². The predicted octanol–water partition coefficient (Wildman–Crippen LogP) is 3.83. The Hall–Kier alpha value is -4.19. The lowest BCUT2D eigenvalue weighted by atomic mass is 10.1. The lowest BCUT2D eigenvalue weighted by Gasteiger charge is -2.11. The molecule has 0 aliphatic rings. The van der Waals surface area contributed by atoms with Gasteiger partial charge in [-0.1, -0.05) is 66.7 Å². The number of amides is 1. The summed E-state index contributed by atoms with van der Waals surface area (Å²) in [6.07, 6.45) is 2.84. The van der Waals surface area contributed by atoms with Crippen molar-refractivity contribution in [2.24, 2.45) is 0 Å². The minimum absolute atomic E-state index is 0.114. The van der Waals surface area contributed by atoms with E-state index in [1.54, 1.807) is 6.07 Å². The van der Waals surface area contributed by atoms with Gasteiger partial charge in [-0.3, -0.25) is 9.59 Å². The van der Waals surface area contributed by atoms with E-state index in [2.05, 4.69) is 21.5 Å². The molecule has 2 N–H and O–H groups in total. The molecule has 0 saturated heterocycles. The zero-order chi connectivity index (χ0) is 22.6. The van der Waals surface area contributed by atoms with Crippen LogP contribution in [0.1, 0.15) is 16.8 Å². The fourth-order valence-electron chi connectivity index (χ4n) is 4.19. The number of para-hydroxylation sites is 1. The van der Waals surface area contributed by atoms with Crippen molar-refractivity contribution in [3.05, 3.63) is 112 Å². The fraction of sp³-hybridized carbons (Fsp3) is 0.148. The van der Waals surface area contributed by atoms with E-state index < -0.39 is 0 Å². The van der Waals surface area contributed by atoms with Crippen molar-refractivity contribution >= 4 is 27.6 Å². The van der Waals surface area contributed by atoms with E-state index in [-0.39, 0.29) is 17.9 Å². The molecule has 0 atom stereocenters. The van der Waals surface area contributed by atoms with Gasteiger partial charge in [-0.2, -0.15) is 5.10 Å². The quantitative estimate of drug-likeness (QED) is 0.407. The molecule has 0 radical (unpaired) electrons. The summed E-state index contributed by atoms with van der Waals surface area (Å²) >= 11 is 0. The van der Waals surface area contributed by atoms with Crippen LogP contribution in [0, 0.1) is 0 Å². The van der Waals surface area contributed by atoms with Crippen molar-refractivity contribution in [1.29, 1.82) is 0 Å². The van der Waals surface area contributed by atoms with Crippen molar-refractivity contribution in [1.82, 2.24) is 20.1 Å². The second kappa shape index (κ2) is 9.12. The molecule has 33 heavy (non-hydrogen) atoms. The molecule has 0 aliphatic carbocycles. The second-order valence-corrected chi connectivity index (χ2v) is 8.08. The molecule has 164 valence electrons. The zero-order valence-electron chi connectivity index (χ0n) is 18.1. The van der Waals surface area contributed by atoms with Gasteiger partial charge in [-0.05, 0) is 29.7 Å². The number of aromatic nitrogens is 3. The van der Waals surface area contributed by atoms with Gasteiger partial charge in [0.15, 0.2) is 0 Å². The first-order valence-corrected chi connectivity index (χ1v) is 11.0. The van der Waals surface area contributed by atoms with Gasteiger partial charge in [0.1, 0.15) is 0 Å². The Labute approximate surface area is 190 Å². The number of hydrogen-bond acceptors (Lipinski definition) is 3. The third-order valence-corrected chi connectivity index (χ3v) is 5.84. The molecule has 6 heteroatoms. The molecule has 0 fully saturated rings. The Morgan fingerprint density at radius 1 is 0.879 bits per heavy atom. The number of H-pyrrole nitrogens is 1. The van der Waals surface area contributed by atoms with E-state index in [1.807, 2.05) is 72.9 Å². The van der Waals surface area contributed by atoms with Crippen LogP contribution in [0.3, 0.4) is 0 Å². The lowest BCUT2D eigenvalue weighted by Crippen LogP contribution is -2.30. The van der Waals surface area contributed by atoms with Gasteiger partial charge in [0.2, 0.25) is 5.91 Å². The Morgan fingerprint density at radius 2 is 1.58 bits per heavy atom. The summed E-state index contributed by atoms with van der Waals surface area (Å²) in [6.45, 7) is 0.891. The van der Waals surface area contributed by atoms with E-state index in [9.17, 15) is 9.59 Å². The van der Waals surface area contributed by atoms with E-state index in [0.717, 1.165) is 22.9 Å². The highest BCUT2D eigenvalue weighted by Crippen LogP contribution is 2.18. The van der Waals surface area contributed by atoms with Gasteiger partial charge < -0.3 is 10.3 Å². The summed E-state index contributed by atoms with van der Waals surface area (Å²) in [5.41, 5.74) is 3.70. The van der Waals surface area contributed by atoms with Gasteiger partial charge in [-0.15, -0.1) is 0 Å². The second-order valence-electron chi connectivity index (χ2n) is 8.08. The van der Waals surface area contributed by atoms with Crippen LogP contribution >= 0.6 is 0 Å². The van der Waals surface area contributed by atoms with E-state index >= 15 is 0 Å². The topological polar surface area (TPSA) is 79.8 Å². The molecule has 0 aliphatic heterocycles. The summed E-state index contributed by atoms with van der Waals surface area (Å²) < 4.78 is 1.45. The monoisotopic (exact) mass is 436 g/mol. The Kier molecular flexibility index (Phi) is 5.72. The molecule has 0 bridgehead atoms. The van der Waals surface area contributed by atoms with Crippen molar-refractivity contribution < 1.29 is 4.79 Å². The van der Waals surface area contributed by atoms with Gasteiger partial charge in [0.05, 0.1) is 24.0 Å². The van der Waals surface area contributed by atoms with Crippen molar-refractivity contribution in [3.8, 4) is 0 Å². The third-order valence-electron chi connectivity index (χ3n) is 5.84. The standard InChI is InChI=1S/C27H24N4O2/c32-26(28-15-14-20-17-29-24-13-7-6-10-21(20)24)16-25-22-11-4-5-12-23(22)27(33)31(30-25)18-19-8-2-1-3-9-19/h1-13,17,29H,14-16,18H2,(H,28,32).